The summed E-state index contributed by atoms with van der Waals surface area (Å²) in [6.07, 6.45) is 0. The van der Waals surface area contributed by atoms with Gasteiger partial charge in [-0.3, -0.25) is 0 Å². The van der Waals surface area contributed by atoms with Crippen molar-refractivity contribution in [3.63, 3.8) is 0 Å². The first-order chi connectivity index (χ1) is 8.24. The minimum atomic E-state index is 1.13. The van der Waals surface area contributed by atoms with E-state index in [1.807, 2.05) is 13.8 Å². The summed E-state index contributed by atoms with van der Waals surface area (Å²) in [6, 6.07) is 16.8. The molecular weight excluding hydrogens is 206 g/mol. The lowest BCUT2D eigenvalue weighted by molar-refractivity contribution is 1.43. The Hall–Kier alpha value is -1.76. The van der Waals surface area contributed by atoms with Gasteiger partial charge in [0.1, 0.15) is 0 Å². The first-order valence-corrected chi connectivity index (χ1v) is 6.14. The Morgan fingerprint density at radius 2 is 0.882 bits per heavy atom. The minimum Gasteiger partial charge on any atom is -0.356 e. The normalized spacial score (nSPS) is 9.18. The van der Waals surface area contributed by atoms with Crippen LogP contribution in [0.2, 0.25) is 0 Å². The van der Waals surface area contributed by atoms with Gasteiger partial charge in [-0.25, -0.2) is 0 Å². The molecule has 90 valence electrons. The highest BCUT2D eigenvalue weighted by Gasteiger charge is 1.93. The van der Waals surface area contributed by atoms with E-state index in [4.69, 9.17) is 0 Å². The quantitative estimate of drug-likeness (QED) is 0.755. The van der Waals surface area contributed by atoms with Crippen LogP contribution in [0, 0.1) is 13.8 Å². The molecule has 0 bridgehead atoms. The summed E-state index contributed by atoms with van der Waals surface area (Å²) in [5.74, 6) is 0. The van der Waals surface area contributed by atoms with Gasteiger partial charge in [-0.1, -0.05) is 49.2 Å². The van der Waals surface area contributed by atoms with Crippen molar-refractivity contribution >= 4 is 11.4 Å². The van der Waals surface area contributed by atoms with Crippen molar-refractivity contribution < 1.29 is 0 Å². The molecule has 1 nitrogen and oxygen atoms in total. The Bertz CT molecular complexity index is 383. The van der Waals surface area contributed by atoms with Crippen molar-refractivity contribution in [3.8, 4) is 0 Å². The summed E-state index contributed by atoms with van der Waals surface area (Å²) in [4.78, 5) is 0. The third kappa shape index (κ3) is 4.31. The van der Waals surface area contributed by atoms with Crippen LogP contribution in [0.1, 0.15) is 25.0 Å². The van der Waals surface area contributed by atoms with Crippen LogP contribution < -0.4 is 5.32 Å². The van der Waals surface area contributed by atoms with Crippen molar-refractivity contribution in [2.75, 3.05) is 5.32 Å². The highest BCUT2D eigenvalue weighted by Crippen LogP contribution is 2.17. The van der Waals surface area contributed by atoms with E-state index in [1.54, 1.807) is 0 Å². The molecule has 0 radical (unpaired) electrons. The molecule has 2 aromatic rings. The molecule has 0 saturated carbocycles. The molecule has 1 N–H and O–H groups in total. The van der Waals surface area contributed by atoms with Gasteiger partial charge in [0.2, 0.25) is 0 Å². The molecule has 0 atom stereocenters. The maximum Gasteiger partial charge on any atom is 0.0384 e. The number of hydrogen-bond donors (Lipinski definition) is 1. The summed E-state index contributed by atoms with van der Waals surface area (Å²) in [5, 5.41) is 3.36. The second-order valence-corrected chi connectivity index (χ2v) is 3.86. The van der Waals surface area contributed by atoms with E-state index in [9.17, 15) is 0 Å². The SMILES string of the molecule is CC.Cc1ccc(Nc2ccc(C)cc2)cc1. The van der Waals surface area contributed by atoms with Crippen LogP contribution in [-0.4, -0.2) is 0 Å². The van der Waals surface area contributed by atoms with Gasteiger partial charge >= 0.3 is 0 Å². The largest absolute Gasteiger partial charge is 0.356 e. The molecule has 17 heavy (non-hydrogen) atoms. The fourth-order valence-corrected chi connectivity index (χ4v) is 1.44. The maximum absolute atomic E-state index is 3.36. The molecule has 0 aromatic heterocycles. The molecule has 2 rings (SSSR count). The first kappa shape index (κ1) is 13.3. The van der Waals surface area contributed by atoms with Gasteiger partial charge in [0.15, 0.2) is 0 Å². The standard InChI is InChI=1S/C14H15N.C2H6/c1-11-3-7-13(8-4-11)15-14-9-5-12(2)6-10-14;1-2/h3-10,15H,1-2H3;1-2H3. The zero-order valence-electron chi connectivity index (χ0n) is 11.1. The molecule has 0 aliphatic rings. The molecule has 0 amide bonds. The van der Waals surface area contributed by atoms with E-state index in [2.05, 4.69) is 67.7 Å². The maximum atomic E-state index is 3.36. The molecule has 0 aliphatic carbocycles. The van der Waals surface area contributed by atoms with Crippen molar-refractivity contribution in [2.24, 2.45) is 0 Å². The fourth-order valence-electron chi connectivity index (χ4n) is 1.44. The van der Waals surface area contributed by atoms with Gasteiger partial charge in [-0.15, -0.1) is 0 Å². The minimum absolute atomic E-state index is 1.13. The van der Waals surface area contributed by atoms with E-state index in [0.717, 1.165) is 11.4 Å². The van der Waals surface area contributed by atoms with Gasteiger partial charge in [0.05, 0.1) is 0 Å². The molecule has 0 unspecified atom stereocenters. The number of aryl methyl sites for hydroxylation is 2. The fraction of sp³-hybridized carbons (Fsp3) is 0.250. The second kappa shape index (κ2) is 6.74. The summed E-state index contributed by atoms with van der Waals surface area (Å²) in [5.41, 5.74) is 4.82. The van der Waals surface area contributed by atoms with Crippen LogP contribution in [0.5, 0.6) is 0 Å². The number of benzene rings is 2. The van der Waals surface area contributed by atoms with Crippen LogP contribution in [-0.2, 0) is 0 Å². The van der Waals surface area contributed by atoms with Gasteiger partial charge in [-0.2, -0.15) is 0 Å². The van der Waals surface area contributed by atoms with Crippen LogP contribution >= 0.6 is 0 Å². The van der Waals surface area contributed by atoms with Crippen LogP contribution in [0.15, 0.2) is 48.5 Å². The Labute approximate surface area is 105 Å². The Morgan fingerprint density at radius 3 is 1.18 bits per heavy atom. The van der Waals surface area contributed by atoms with Crippen molar-refractivity contribution in [1.82, 2.24) is 0 Å². The Kier molecular flexibility index (Phi) is 5.28. The van der Waals surface area contributed by atoms with Gasteiger partial charge in [-0.05, 0) is 38.1 Å². The van der Waals surface area contributed by atoms with E-state index >= 15 is 0 Å². The summed E-state index contributed by atoms with van der Waals surface area (Å²) in [7, 11) is 0. The number of anilines is 2. The Morgan fingerprint density at radius 1 is 0.588 bits per heavy atom. The summed E-state index contributed by atoms with van der Waals surface area (Å²) >= 11 is 0. The molecule has 0 saturated heterocycles. The topological polar surface area (TPSA) is 12.0 Å². The monoisotopic (exact) mass is 227 g/mol. The smallest absolute Gasteiger partial charge is 0.0384 e. The van der Waals surface area contributed by atoms with E-state index in [1.165, 1.54) is 11.1 Å². The van der Waals surface area contributed by atoms with E-state index < -0.39 is 0 Å². The highest BCUT2D eigenvalue weighted by atomic mass is 14.9. The first-order valence-electron chi connectivity index (χ1n) is 6.14. The molecule has 2 aromatic carbocycles. The average Bonchev–Trinajstić information content (AvgIpc) is 2.37. The molecule has 0 spiro atoms. The van der Waals surface area contributed by atoms with Crippen LogP contribution in [0.4, 0.5) is 11.4 Å². The van der Waals surface area contributed by atoms with E-state index in [0.29, 0.717) is 0 Å². The number of hydrogen-bond acceptors (Lipinski definition) is 1. The van der Waals surface area contributed by atoms with Crippen LogP contribution in [0.3, 0.4) is 0 Å². The molecule has 0 heterocycles. The molecule has 0 aliphatic heterocycles. The lowest BCUT2D eigenvalue weighted by Gasteiger charge is -2.06. The summed E-state index contributed by atoms with van der Waals surface area (Å²) < 4.78 is 0. The predicted octanol–water partition coefficient (Wildman–Crippen LogP) is 5.07. The summed E-state index contributed by atoms with van der Waals surface area (Å²) in [6.45, 7) is 8.19. The average molecular weight is 227 g/mol. The molecule has 1 heteroatoms. The zero-order chi connectivity index (χ0) is 12.7. The lowest BCUT2D eigenvalue weighted by atomic mass is 10.2. The lowest BCUT2D eigenvalue weighted by Crippen LogP contribution is -1.89. The number of nitrogens with one attached hydrogen (secondary N) is 1. The van der Waals surface area contributed by atoms with Crippen molar-refractivity contribution in [2.45, 2.75) is 27.7 Å². The number of rotatable bonds is 2. The second-order valence-electron chi connectivity index (χ2n) is 3.86. The molecular formula is C16H21N. The van der Waals surface area contributed by atoms with Gasteiger partial charge in [0.25, 0.3) is 0 Å². The van der Waals surface area contributed by atoms with Crippen molar-refractivity contribution in [3.05, 3.63) is 59.7 Å². The zero-order valence-corrected chi connectivity index (χ0v) is 11.1. The Balaban J connectivity index is 0.000000686. The van der Waals surface area contributed by atoms with Gasteiger partial charge < -0.3 is 5.32 Å². The molecule has 0 fully saturated rings. The van der Waals surface area contributed by atoms with E-state index in [-0.39, 0.29) is 0 Å². The third-order valence-electron chi connectivity index (χ3n) is 2.39. The van der Waals surface area contributed by atoms with Gasteiger partial charge in [0, 0.05) is 11.4 Å². The predicted molar refractivity (Wildman–Crippen MR) is 77.0 cm³/mol. The van der Waals surface area contributed by atoms with Crippen molar-refractivity contribution in [1.29, 1.82) is 0 Å². The van der Waals surface area contributed by atoms with Crippen LogP contribution in [0.25, 0.3) is 0 Å². The highest BCUT2D eigenvalue weighted by molar-refractivity contribution is 5.59. The third-order valence-corrected chi connectivity index (χ3v) is 2.39.